The van der Waals surface area contributed by atoms with E-state index < -0.39 is 0 Å². The zero-order chi connectivity index (χ0) is 9.10. The molecule has 68 valence electrons. The maximum Gasteiger partial charge on any atom is 0.159 e. The predicted octanol–water partition coefficient (Wildman–Crippen LogP) is 2.44. The molecule has 0 aliphatic carbocycles. The Morgan fingerprint density at radius 1 is 1.38 bits per heavy atom. The summed E-state index contributed by atoms with van der Waals surface area (Å²) in [7, 11) is 0. The summed E-state index contributed by atoms with van der Waals surface area (Å²) in [5.41, 5.74) is 1.79. The van der Waals surface area contributed by atoms with Gasteiger partial charge in [0.05, 0.1) is 10.4 Å². The van der Waals surface area contributed by atoms with E-state index in [0.29, 0.717) is 5.88 Å². The fraction of sp³-hybridized carbons (Fsp3) is 0.286. The summed E-state index contributed by atoms with van der Waals surface area (Å²) in [6, 6.07) is 0. The van der Waals surface area contributed by atoms with Crippen molar-refractivity contribution in [2.75, 3.05) is 5.88 Å². The molecule has 3 nitrogen and oxygen atoms in total. The highest BCUT2D eigenvalue weighted by atomic mass is 35.5. The second kappa shape index (κ2) is 4.13. The highest BCUT2D eigenvalue weighted by Crippen LogP contribution is 2.26. The molecule has 0 atom stereocenters. The van der Waals surface area contributed by atoms with Gasteiger partial charge in [-0.05, 0) is 0 Å². The average Bonchev–Trinajstić information content (AvgIpc) is 2.70. The zero-order valence-corrected chi connectivity index (χ0v) is 8.99. The van der Waals surface area contributed by atoms with Gasteiger partial charge in [0, 0.05) is 18.5 Å². The van der Waals surface area contributed by atoms with Crippen LogP contribution < -0.4 is 0 Å². The number of nitrogens with zero attached hydrogens (tertiary/aromatic N) is 3. The molecule has 0 saturated carbocycles. The van der Waals surface area contributed by atoms with Gasteiger partial charge in [0.2, 0.25) is 0 Å². The predicted molar refractivity (Wildman–Crippen MR) is 55.4 cm³/mol. The number of alkyl halides is 1. The monoisotopic (exact) mass is 231 g/mol. The van der Waals surface area contributed by atoms with Crippen LogP contribution in [0.25, 0.3) is 9.88 Å². The summed E-state index contributed by atoms with van der Waals surface area (Å²) in [5, 5.41) is 10.0. The molecule has 0 N–H and O–H groups in total. The summed E-state index contributed by atoms with van der Waals surface area (Å²) >= 11 is 8.75. The third kappa shape index (κ3) is 2.04. The van der Waals surface area contributed by atoms with Gasteiger partial charge in [-0.3, -0.25) is 4.98 Å². The third-order valence-electron chi connectivity index (χ3n) is 1.42. The number of hydrogen-bond donors (Lipinski definition) is 0. The Labute approximate surface area is 88.4 Å². The van der Waals surface area contributed by atoms with E-state index in [1.165, 1.54) is 0 Å². The number of aryl methyl sites for hydroxylation is 1. The van der Waals surface area contributed by atoms with Crippen molar-refractivity contribution < 1.29 is 0 Å². The molecule has 13 heavy (non-hydrogen) atoms. The summed E-state index contributed by atoms with van der Waals surface area (Å²) in [5.74, 6) is 0.595. The van der Waals surface area contributed by atoms with Crippen molar-refractivity contribution in [2.45, 2.75) is 6.42 Å². The molecule has 0 amide bonds. The Morgan fingerprint density at radius 2 is 2.31 bits per heavy atom. The highest BCUT2D eigenvalue weighted by molar-refractivity contribution is 7.20. The van der Waals surface area contributed by atoms with Gasteiger partial charge in [0.1, 0.15) is 5.01 Å². The molecule has 0 bridgehead atoms. The van der Waals surface area contributed by atoms with Gasteiger partial charge in [0.15, 0.2) is 5.01 Å². The van der Waals surface area contributed by atoms with E-state index >= 15 is 0 Å². The minimum atomic E-state index is 0.595. The van der Waals surface area contributed by atoms with E-state index in [9.17, 15) is 0 Å². The van der Waals surface area contributed by atoms with Crippen LogP contribution in [0.5, 0.6) is 0 Å². The van der Waals surface area contributed by atoms with Crippen molar-refractivity contribution in [1.82, 2.24) is 15.2 Å². The topological polar surface area (TPSA) is 38.7 Å². The van der Waals surface area contributed by atoms with E-state index in [1.807, 2.05) is 0 Å². The zero-order valence-electron chi connectivity index (χ0n) is 6.61. The molecule has 2 rings (SSSR count). The summed E-state index contributed by atoms with van der Waals surface area (Å²) < 4.78 is 0. The van der Waals surface area contributed by atoms with Crippen LogP contribution in [0.15, 0.2) is 11.7 Å². The molecular formula is C7H6ClN3S2. The first-order valence-electron chi connectivity index (χ1n) is 3.67. The van der Waals surface area contributed by atoms with Gasteiger partial charge in [-0.25, -0.2) is 0 Å². The van der Waals surface area contributed by atoms with Crippen LogP contribution in [0, 0.1) is 0 Å². The van der Waals surface area contributed by atoms with Crippen molar-refractivity contribution in [3.05, 3.63) is 16.7 Å². The van der Waals surface area contributed by atoms with E-state index in [2.05, 4.69) is 15.2 Å². The molecule has 6 heteroatoms. The number of hydrogen-bond acceptors (Lipinski definition) is 5. The van der Waals surface area contributed by atoms with Crippen molar-refractivity contribution in [3.63, 3.8) is 0 Å². The molecular weight excluding hydrogens is 226 g/mol. The van der Waals surface area contributed by atoms with Gasteiger partial charge < -0.3 is 0 Å². The Hall–Kier alpha value is -0.520. The molecule has 0 unspecified atom stereocenters. The molecule has 0 radical (unpaired) electrons. The summed E-state index contributed by atoms with van der Waals surface area (Å²) in [6.45, 7) is 0. The smallest absolute Gasteiger partial charge is 0.159 e. The van der Waals surface area contributed by atoms with Crippen molar-refractivity contribution >= 4 is 34.3 Å². The van der Waals surface area contributed by atoms with Gasteiger partial charge in [-0.2, -0.15) is 0 Å². The van der Waals surface area contributed by atoms with E-state index in [1.54, 1.807) is 34.4 Å². The number of halogens is 1. The van der Waals surface area contributed by atoms with Crippen LogP contribution in [0.3, 0.4) is 0 Å². The Morgan fingerprint density at radius 3 is 3.00 bits per heavy atom. The number of aromatic nitrogens is 3. The van der Waals surface area contributed by atoms with E-state index in [-0.39, 0.29) is 0 Å². The summed E-state index contributed by atoms with van der Waals surface area (Å²) in [6.07, 6.45) is 2.59. The number of rotatable bonds is 3. The summed E-state index contributed by atoms with van der Waals surface area (Å²) in [4.78, 5) is 5.05. The lowest BCUT2D eigenvalue weighted by molar-refractivity contribution is 0.990. The molecule has 0 saturated heterocycles. The van der Waals surface area contributed by atoms with Crippen LogP contribution in [-0.2, 0) is 6.42 Å². The molecule has 2 aromatic heterocycles. The minimum Gasteiger partial charge on any atom is -0.252 e. The lowest BCUT2D eigenvalue weighted by Crippen LogP contribution is -1.82. The lowest BCUT2D eigenvalue weighted by Gasteiger charge is -1.83. The standard InChI is InChI=1S/C7H6ClN3S2/c8-2-1-6-10-11-7(13-6)5-3-9-4-12-5/h3-4H,1-2H2. The minimum absolute atomic E-state index is 0.595. The SMILES string of the molecule is ClCCc1nnc(-c2cncs2)s1. The molecule has 0 aromatic carbocycles. The van der Waals surface area contributed by atoms with Gasteiger partial charge in [0.25, 0.3) is 0 Å². The Balaban J connectivity index is 2.23. The lowest BCUT2D eigenvalue weighted by atomic mass is 10.5. The van der Waals surface area contributed by atoms with Crippen LogP contribution in [0.1, 0.15) is 5.01 Å². The fourth-order valence-electron chi connectivity index (χ4n) is 0.856. The largest absolute Gasteiger partial charge is 0.252 e. The third-order valence-corrected chi connectivity index (χ3v) is 3.53. The molecule has 0 aliphatic rings. The van der Waals surface area contributed by atoms with Crippen molar-refractivity contribution in [2.24, 2.45) is 0 Å². The number of thiazole rings is 1. The Kier molecular flexibility index (Phi) is 2.87. The van der Waals surface area contributed by atoms with Crippen LogP contribution in [0.2, 0.25) is 0 Å². The maximum absolute atomic E-state index is 5.60. The molecule has 0 aliphatic heterocycles. The van der Waals surface area contributed by atoms with Gasteiger partial charge >= 0.3 is 0 Å². The molecule has 2 aromatic rings. The van der Waals surface area contributed by atoms with Crippen LogP contribution in [-0.4, -0.2) is 21.1 Å². The first kappa shape index (κ1) is 9.05. The van der Waals surface area contributed by atoms with Crippen molar-refractivity contribution in [1.29, 1.82) is 0 Å². The molecule has 2 heterocycles. The first-order chi connectivity index (χ1) is 6.40. The Bertz CT molecular complexity index is 371. The fourth-order valence-corrected chi connectivity index (χ4v) is 2.66. The molecule has 0 spiro atoms. The average molecular weight is 232 g/mol. The second-order valence-electron chi connectivity index (χ2n) is 2.31. The normalized spacial score (nSPS) is 10.5. The van der Waals surface area contributed by atoms with E-state index in [0.717, 1.165) is 21.3 Å². The second-order valence-corrected chi connectivity index (χ2v) is 4.63. The first-order valence-corrected chi connectivity index (χ1v) is 5.90. The van der Waals surface area contributed by atoms with E-state index in [4.69, 9.17) is 11.6 Å². The van der Waals surface area contributed by atoms with Gasteiger partial charge in [-0.15, -0.1) is 33.1 Å². The molecule has 0 fully saturated rings. The van der Waals surface area contributed by atoms with Gasteiger partial charge in [-0.1, -0.05) is 11.3 Å². The van der Waals surface area contributed by atoms with Crippen LogP contribution in [0.4, 0.5) is 0 Å². The maximum atomic E-state index is 5.60. The van der Waals surface area contributed by atoms with Crippen molar-refractivity contribution in [3.8, 4) is 9.88 Å². The quantitative estimate of drug-likeness (QED) is 0.762. The van der Waals surface area contributed by atoms with Crippen LogP contribution >= 0.6 is 34.3 Å². The highest BCUT2D eigenvalue weighted by Gasteiger charge is 2.06.